The number of nitrogens with two attached hydrogens (primary N) is 1. The van der Waals surface area contributed by atoms with Crippen molar-refractivity contribution in [2.45, 2.75) is 19.3 Å². The van der Waals surface area contributed by atoms with Crippen molar-refractivity contribution >= 4 is 40.8 Å². The molecule has 3 nitrogen and oxygen atoms in total. The Morgan fingerprint density at radius 2 is 1.42 bits per heavy atom. The highest BCUT2D eigenvalue weighted by Crippen LogP contribution is 2.36. The summed E-state index contributed by atoms with van der Waals surface area (Å²) < 4.78 is 0. The number of rotatable bonds is 2. The van der Waals surface area contributed by atoms with Gasteiger partial charge in [0.15, 0.2) is 0 Å². The topological polar surface area (TPSA) is 51.8 Å². The fraction of sp³-hybridized carbons (Fsp3) is 0.143. The predicted octanol–water partition coefficient (Wildman–Crippen LogP) is 5.91. The van der Waals surface area contributed by atoms with Crippen LogP contribution in [0.2, 0.25) is 10.0 Å². The Balaban J connectivity index is 1.83. The van der Waals surface area contributed by atoms with Crippen LogP contribution in [0, 0.1) is 0 Å². The largest absolute Gasteiger partial charge is 0.368 e. The van der Waals surface area contributed by atoms with Gasteiger partial charge in [-0.1, -0.05) is 47.5 Å². The van der Waals surface area contributed by atoms with Gasteiger partial charge in [-0.25, -0.2) is 9.97 Å². The number of fused-ring (bicyclic) bond motifs is 1. The summed E-state index contributed by atoms with van der Waals surface area (Å²) in [6, 6.07) is 15.5. The summed E-state index contributed by atoms with van der Waals surface area (Å²) in [5.74, 6) is 0.289. The van der Waals surface area contributed by atoms with Crippen LogP contribution >= 0.6 is 23.2 Å². The molecule has 4 rings (SSSR count). The van der Waals surface area contributed by atoms with E-state index >= 15 is 0 Å². The minimum absolute atomic E-state index is 0.289. The van der Waals surface area contributed by atoms with Gasteiger partial charge < -0.3 is 5.73 Å². The number of hydrogen-bond acceptors (Lipinski definition) is 3. The molecule has 0 bridgehead atoms. The molecular weight excluding hydrogens is 365 g/mol. The molecule has 2 N–H and O–H groups in total. The number of benzene rings is 2. The first kappa shape index (κ1) is 17.1. The van der Waals surface area contributed by atoms with Gasteiger partial charge in [0, 0.05) is 21.2 Å². The predicted molar refractivity (Wildman–Crippen MR) is 109 cm³/mol. The van der Waals surface area contributed by atoms with Crippen LogP contribution in [0.1, 0.15) is 29.7 Å². The number of halogens is 2. The number of nitrogen functional groups attached to an aromatic ring is 1. The Kier molecular flexibility index (Phi) is 4.66. The van der Waals surface area contributed by atoms with Crippen LogP contribution in [-0.4, -0.2) is 9.97 Å². The first-order chi connectivity index (χ1) is 12.6. The number of nitrogens with zero attached hydrogens (tertiary/aromatic N) is 2. The second kappa shape index (κ2) is 7.10. The lowest BCUT2D eigenvalue weighted by molar-refractivity contribution is 0.806. The lowest BCUT2D eigenvalue weighted by Gasteiger charge is -2.21. The van der Waals surface area contributed by atoms with Crippen molar-refractivity contribution in [3.8, 4) is 11.3 Å². The third kappa shape index (κ3) is 3.46. The summed E-state index contributed by atoms with van der Waals surface area (Å²) in [4.78, 5) is 9.08. The van der Waals surface area contributed by atoms with Gasteiger partial charge in [-0.2, -0.15) is 0 Å². The number of anilines is 1. The quantitative estimate of drug-likeness (QED) is 0.600. The standard InChI is InChI=1S/C21H17Cl2N3/c22-16-8-4-13(5-9-16)12-15-2-1-3-18-19(25-21(24)26-20(15)18)14-6-10-17(23)11-7-14/h4-12H,1-3H2,(H2,24,25,26)/b15-12+. The third-order valence-corrected chi connectivity index (χ3v) is 5.03. The first-order valence-corrected chi connectivity index (χ1v) is 9.24. The Hall–Kier alpha value is -2.36. The molecular formula is C21H17Cl2N3. The van der Waals surface area contributed by atoms with E-state index in [-0.39, 0.29) is 5.95 Å². The van der Waals surface area contributed by atoms with E-state index in [1.807, 2.05) is 48.5 Å². The van der Waals surface area contributed by atoms with Crippen LogP contribution < -0.4 is 5.73 Å². The van der Waals surface area contributed by atoms with Crippen molar-refractivity contribution in [2.75, 3.05) is 5.73 Å². The molecule has 0 unspecified atom stereocenters. The molecule has 26 heavy (non-hydrogen) atoms. The zero-order valence-corrected chi connectivity index (χ0v) is 15.6. The Labute approximate surface area is 162 Å². The van der Waals surface area contributed by atoms with Crippen LogP contribution in [0.5, 0.6) is 0 Å². The molecule has 0 atom stereocenters. The molecule has 1 heterocycles. The van der Waals surface area contributed by atoms with Crippen LogP contribution in [0.25, 0.3) is 22.9 Å². The van der Waals surface area contributed by atoms with E-state index in [2.05, 4.69) is 16.0 Å². The molecule has 0 spiro atoms. The maximum atomic E-state index is 6.03. The SMILES string of the molecule is Nc1nc2c(c(-c3ccc(Cl)cc3)n1)CCC/C2=C\c1ccc(Cl)cc1. The minimum Gasteiger partial charge on any atom is -0.368 e. The second-order valence-corrected chi connectivity index (χ2v) is 7.21. The smallest absolute Gasteiger partial charge is 0.221 e. The fourth-order valence-corrected chi connectivity index (χ4v) is 3.58. The van der Waals surface area contributed by atoms with Crippen molar-refractivity contribution in [1.29, 1.82) is 0 Å². The van der Waals surface area contributed by atoms with Crippen LogP contribution in [-0.2, 0) is 6.42 Å². The molecule has 2 aromatic carbocycles. The van der Waals surface area contributed by atoms with Crippen molar-refractivity contribution in [3.63, 3.8) is 0 Å². The van der Waals surface area contributed by atoms with Crippen LogP contribution in [0.15, 0.2) is 48.5 Å². The van der Waals surface area contributed by atoms with Crippen molar-refractivity contribution < 1.29 is 0 Å². The zero-order chi connectivity index (χ0) is 18.1. The van der Waals surface area contributed by atoms with Gasteiger partial charge in [0.2, 0.25) is 5.95 Å². The monoisotopic (exact) mass is 381 g/mol. The summed E-state index contributed by atoms with van der Waals surface area (Å²) in [6.45, 7) is 0. The molecule has 0 saturated heterocycles. The van der Waals surface area contributed by atoms with E-state index in [0.717, 1.165) is 52.4 Å². The van der Waals surface area contributed by atoms with E-state index in [4.69, 9.17) is 28.9 Å². The molecule has 0 aliphatic heterocycles. The van der Waals surface area contributed by atoms with Crippen molar-refractivity contribution in [3.05, 3.63) is 75.4 Å². The number of allylic oxidation sites excluding steroid dienone is 1. The summed E-state index contributed by atoms with van der Waals surface area (Å²) >= 11 is 12.0. The summed E-state index contributed by atoms with van der Waals surface area (Å²) in [5, 5.41) is 1.43. The van der Waals surface area contributed by atoms with E-state index in [0.29, 0.717) is 5.02 Å². The highest BCUT2D eigenvalue weighted by molar-refractivity contribution is 6.30. The Morgan fingerprint density at radius 1 is 0.808 bits per heavy atom. The molecule has 130 valence electrons. The Morgan fingerprint density at radius 3 is 2.12 bits per heavy atom. The summed E-state index contributed by atoms with van der Waals surface area (Å²) in [7, 11) is 0. The van der Waals surface area contributed by atoms with Crippen LogP contribution in [0.4, 0.5) is 5.95 Å². The van der Waals surface area contributed by atoms with Gasteiger partial charge in [0.25, 0.3) is 0 Å². The molecule has 5 heteroatoms. The van der Waals surface area contributed by atoms with Gasteiger partial charge in [-0.15, -0.1) is 0 Å². The van der Waals surface area contributed by atoms with Gasteiger partial charge in [0.1, 0.15) is 0 Å². The normalized spacial score (nSPS) is 15.1. The van der Waals surface area contributed by atoms with E-state index < -0.39 is 0 Å². The maximum absolute atomic E-state index is 6.03. The maximum Gasteiger partial charge on any atom is 0.221 e. The van der Waals surface area contributed by atoms with Gasteiger partial charge in [-0.3, -0.25) is 0 Å². The first-order valence-electron chi connectivity index (χ1n) is 8.49. The lowest BCUT2D eigenvalue weighted by Crippen LogP contribution is -2.11. The highest BCUT2D eigenvalue weighted by atomic mass is 35.5. The second-order valence-electron chi connectivity index (χ2n) is 6.34. The average Bonchev–Trinajstić information content (AvgIpc) is 2.64. The molecule has 1 aliphatic rings. The van der Waals surface area contributed by atoms with Crippen LogP contribution in [0.3, 0.4) is 0 Å². The highest BCUT2D eigenvalue weighted by Gasteiger charge is 2.21. The van der Waals surface area contributed by atoms with Crippen molar-refractivity contribution in [1.82, 2.24) is 9.97 Å². The van der Waals surface area contributed by atoms with Gasteiger partial charge in [0.05, 0.1) is 11.4 Å². The fourth-order valence-electron chi connectivity index (χ4n) is 3.32. The van der Waals surface area contributed by atoms with Gasteiger partial charge >= 0.3 is 0 Å². The van der Waals surface area contributed by atoms with E-state index in [1.54, 1.807) is 0 Å². The molecule has 0 amide bonds. The minimum atomic E-state index is 0.289. The molecule has 1 aromatic heterocycles. The van der Waals surface area contributed by atoms with E-state index in [1.165, 1.54) is 5.57 Å². The van der Waals surface area contributed by atoms with E-state index in [9.17, 15) is 0 Å². The summed E-state index contributed by atoms with van der Waals surface area (Å²) in [5.41, 5.74) is 12.3. The van der Waals surface area contributed by atoms with Gasteiger partial charge in [-0.05, 0) is 60.7 Å². The summed E-state index contributed by atoms with van der Waals surface area (Å²) in [6.07, 6.45) is 5.12. The Bertz CT molecular complexity index is 977. The number of hydrogen-bond donors (Lipinski definition) is 1. The third-order valence-electron chi connectivity index (χ3n) is 4.53. The molecule has 0 saturated carbocycles. The molecule has 0 radical (unpaired) electrons. The van der Waals surface area contributed by atoms with Crippen molar-refractivity contribution in [2.24, 2.45) is 0 Å². The lowest BCUT2D eigenvalue weighted by atomic mass is 9.88. The molecule has 3 aromatic rings. The zero-order valence-electron chi connectivity index (χ0n) is 14.0. The molecule has 0 fully saturated rings. The number of aromatic nitrogens is 2. The average molecular weight is 382 g/mol. The molecule has 1 aliphatic carbocycles.